The molecule has 0 saturated carbocycles. The second kappa shape index (κ2) is 27.1. The Hall–Kier alpha value is -7.34. The molecule has 0 amide bonds. The van der Waals surface area contributed by atoms with Gasteiger partial charge >= 0.3 is 39.1 Å². The topological polar surface area (TPSA) is 356 Å². The first-order chi connectivity index (χ1) is 34.9. The van der Waals surface area contributed by atoms with E-state index in [0.29, 0.717) is 59.1 Å². The lowest BCUT2D eigenvalue weighted by Gasteiger charge is -2.26. The molecule has 0 aliphatic rings. The van der Waals surface area contributed by atoms with Gasteiger partial charge in [-0.05, 0) is 65.8 Å². The minimum atomic E-state index is -3.79. The fraction of sp³-hybridized carbons (Fsp3) is 0.391. The summed E-state index contributed by atoms with van der Waals surface area (Å²) in [4.78, 5) is 67.8. The van der Waals surface area contributed by atoms with Gasteiger partial charge in [0.1, 0.15) is 35.2 Å². The third-order valence-corrected chi connectivity index (χ3v) is 12.8. The minimum absolute atomic E-state index is 0.177. The van der Waals surface area contributed by atoms with Gasteiger partial charge in [0.05, 0.1) is 76.2 Å². The molecule has 0 fully saturated rings. The number of hydrogen-bond acceptors (Lipinski definition) is 22. The van der Waals surface area contributed by atoms with Crippen LogP contribution in [0.5, 0.6) is 11.5 Å². The lowest BCUT2D eigenvalue weighted by atomic mass is 9.95. The first-order valence-electron chi connectivity index (χ1n) is 22.2. The Balaban J connectivity index is 0.000000279. The number of hydrogen-bond donors (Lipinski definition) is 4. The van der Waals surface area contributed by atoms with Crippen LogP contribution in [0, 0.1) is 10.8 Å². The number of carbonyl (C=O) groups is 4. The maximum Gasteiger partial charge on any atom is 0.404 e. The van der Waals surface area contributed by atoms with Crippen LogP contribution in [-0.2, 0) is 69.4 Å². The van der Waals surface area contributed by atoms with Gasteiger partial charge in [0.15, 0.2) is 35.6 Å². The molecule has 2 aromatic carbocycles. The number of aromatic nitrogens is 8. The van der Waals surface area contributed by atoms with Crippen molar-refractivity contribution >= 4 is 73.0 Å². The summed E-state index contributed by atoms with van der Waals surface area (Å²) in [6.45, 7) is 10.5. The fourth-order valence-corrected chi connectivity index (χ4v) is 9.12. The molecule has 400 valence electrons. The van der Waals surface area contributed by atoms with Gasteiger partial charge in [-0.25, -0.2) is 48.6 Å². The van der Waals surface area contributed by atoms with Crippen LogP contribution in [0.3, 0.4) is 0 Å². The van der Waals surface area contributed by atoms with Gasteiger partial charge in [-0.3, -0.25) is 18.6 Å². The largest absolute Gasteiger partial charge is 0.478 e. The molecule has 0 spiro atoms. The minimum Gasteiger partial charge on any atom is -0.478 e. The van der Waals surface area contributed by atoms with Crippen LogP contribution in [0.25, 0.3) is 22.3 Å². The average Bonchev–Trinajstić information content (AvgIpc) is 3.99. The van der Waals surface area contributed by atoms with Gasteiger partial charge in [-0.2, -0.15) is 0 Å². The van der Waals surface area contributed by atoms with Gasteiger partial charge in [0.2, 0.25) is 0 Å². The summed E-state index contributed by atoms with van der Waals surface area (Å²) in [5.74, 6) is -2.20. The zero-order valence-corrected chi connectivity index (χ0v) is 43.7. The number of anilines is 2. The Bertz CT molecular complexity index is 2740. The number of carboxylic acids is 2. The molecule has 26 nitrogen and oxygen atoms in total. The number of carbonyl (C=O) groups excluding carboxylic acids is 2. The Morgan fingerprint density at radius 3 is 1.28 bits per heavy atom. The van der Waals surface area contributed by atoms with E-state index in [2.05, 4.69) is 29.9 Å². The highest BCUT2D eigenvalue weighted by Crippen LogP contribution is 2.51. The van der Waals surface area contributed by atoms with Crippen LogP contribution < -0.4 is 20.5 Å². The number of nitrogens with zero attached hydrogens (tertiary/aromatic N) is 8. The Labute approximate surface area is 425 Å². The number of carboxylic acid groups (broad SMARTS) is 2. The van der Waals surface area contributed by atoms with Crippen LogP contribution in [0.15, 0.2) is 98.1 Å². The fourth-order valence-electron chi connectivity index (χ4n) is 5.96. The monoisotopic (exact) mass is 1070 g/mol. The van der Waals surface area contributed by atoms with Crippen molar-refractivity contribution in [2.75, 3.05) is 51.6 Å². The van der Waals surface area contributed by atoms with Crippen molar-refractivity contribution in [2.24, 2.45) is 10.8 Å². The molecule has 4 aromatic heterocycles. The molecule has 0 aliphatic carbocycles. The zero-order chi connectivity index (χ0) is 54.7. The highest BCUT2D eigenvalue weighted by molar-refractivity contribution is 7.54. The normalized spacial score (nSPS) is 14.0. The van der Waals surface area contributed by atoms with Crippen molar-refractivity contribution in [3.8, 4) is 11.5 Å². The van der Waals surface area contributed by atoms with Gasteiger partial charge in [-0.15, -0.1) is 0 Å². The molecule has 0 bridgehead atoms. The summed E-state index contributed by atoms with van der Waals surface area (Å²) in [6, 6.07) is 17.3. The zero-order valence-electron chi connectivity index (χ0n) is 41.9. The van der Waals surface area contributed by atoms with E-state index >= 15 is 0 Å². The number of imidazole rings is 2. The molecular weight excluding hydrogens is 1010 g/mol. The molecule has 0 aliphatic heterocycles. The van der Waals surface area contributed by atoms with E-state index in [0.717, 1.165) is 0 Å². The number of aliphatic carboxylic acids is 2. The molecule has 6 rings (SSSR count). The third-order valence-electron chi connectivity index (χ3n) is 9.87. The lowest BCUT2D eigenvalue weighted by Crippen LogP contribution is -2.31. The molecule has 6 N–H and O–H groups in total. The summed E-state index contributed by atoms with van der Waals surface area (Å²) in [5, 5.41) is 15.6. The van der Waals surface area contributed by atoms with E-state index < -0.39 is 62.1 Å². The first kappa shape index (κ1) is 59.2. The van der Waals surface area contributed by atoms with Crippen molar-refractivity contribution in [1.29, 1.82) is 0 Å². The van der Waals surface area contributed by atoms with Gasteiger partial charge in [0, 0.05) is 12.2 Å². The van der Waals surface area contributed by atoms with Crippen molar-refractivity contribution in [3.05, 3.63) is 98.1 Å². The molecular formula is C46H60N10O16P2. The molecule has 4 heterocycles. The number of rotatable bonds is 24. The van der Waals surface area contributed by atoms with E-state index in [9.17, 15) is 28.3 Å². The molecule has 6 aromatic rings. The predicted octanol–water partition coefficient (Wildman–Crippen LogP) is 6.23. The number of esters is 2. The highest BCUT2D eigenvalue weighted by atomic mass is 31.2. The summed E-state index contributed by atoms with van der Waals surface area (Å²) in [5.41, 5.74) is 11.7. The molecule has 4 atom stereocenters. The van der Waals surface area contributed by atoms with Crippen LogP contribution in [-0.4, -0.2) is 125 Å². The number of benzene rings is 2. The highest BCUT2D eigenvalue weighted by Gasteiger charge is 2.37. The Kier molecular flexibility index (Phi) is 21.7. The van der Waals surface area contributed by atoms with Crippen LogP contribution in [0.1, 0.15) is 41.5 Å². The van der Waals surface area contributed by atoms with Gasteiger partial charge < -0.3 is 58.8 Å². The van der Waals surface area contributed by atoms with Gasteiger partial charge in [0.25, 0.3) is 0 Å². The molecule has 2 unspecified atom stereocenters. The summed E-state index contributed by atoms with van der Waals surface area (Å²) < 4.78 is 74.5. The number of ether oxygens (including phenoxy) is 4. The van der Waals surface area contributed by atoms with E-state index in [-0.39, 0.29) is 37.5 Å². The van der Waals surface area contributed by atoms with Crippen molar-refractivity contribution < 1.29 is 75.6 Å². The number of para-hydroxylation sites is 2. The Morgan fingerprint density at radius 2 is 0.959 bits per heavy atom. The molecule has 0 radical (unpaired) electrons. The molecule has 74 heavy (non-hydrogen) atoms. The molecule has 28 heteroatoms. The SMILES string of the molecule is COC(=O)C(C)(C)COP(=O)(CO[C@H](C)Cn1cnc2c(N)ncnc21)Oc1ccccc1.COC(=O)C(C)(C)COP(=O)(CO[C@H](C)Cn1cnc2c(N)ncnc21)Oc1ccccc1.O=C(O)/C=C/C(=O)O. The van der Waals surface area contributed by atoms with Crippen molar-refractivity contribution in [1.82, 2.24) is 39.0 Å². The number of methoxy groups -OCH3 is 2. The second-order valence-corrected chi connectivity index (χ2v) is 21.0. The number of nitrogens with two attached hydrogens (primary N) is 2. The quantitative estimate of drug-likeness (QED) is 0.0296. The summed E-state index contributed by atoms with van der Waals surface area (Å²) in [7, 11) is -5.01. The standard InChI is InChI=1S/2C21H28N5O6P.C4H4O4/c2*1-15(10-26-13-25-17-18(22)23-12-24-19(17)26)30-14-33(28,32-16-8-6-5-7-9-16)31-11-21(2,3)20(27)29-4;5-3(6)1-2-4(7)8/h2*5-9,12-13,15H,10-11,14H2,1-4H3,(H2,22,23,24);1-2H,(H,5,6)(H,7,8)/b;;2-1+/t2*15-,33?;/m11./s1. The smallest absolute Gasteiger partial charge is 0.404 e. The van der Waals surface area contributed by atoms with Crippen LogP contribution >= 0.6 is 15.2 Å². The summed E-state index contributed by atoms with van der Waals surface area (Å²) >= 11 is 0. The number of fused-ring (bicyclic) bond motifs is 2. The Morgan fingerprint density at radius 1 is 0.608 bits per heavy atom. The maximum atomic E-state index is 13.5. The van der Waals surface area contributed by atoms with Crippen LogP contribution in [0.4, 0.5) is 11.6 Å². The first-order valence-corrected chi connectivity index (χ1v) is 25.7. The van der Waals surface area contributed by atoms with E-state index in [4.69, 9.17) is 58.7 Å². The van der Waals surface area contributed by atoms with E-state index in [1.807, 2.05) is 26.0 Å². The second-order valence-electron chi connectivity index (χ2n) is 17.2. The van der Waals surface area contributed by atoms with E-state index in [1.165, 1.54) is 26.9 Å². The molecule has 0 saturated heterocycles. The third kappa shape index (κ3) is 18.3. The van der Waals surface area contributed by atoms with E-state index in [1.54, 1.807) is 98.0 Å². The van der Waals surface area contributed by atoms with Crippen molar-refractivity contribution in [3.63, 3.8) is 0 Å². The average molecular weight is 1070 g/mol. The maximum absolute atomic E-state index is 13.5. The van der Waals surface area contributed by atoms with Crippen LogP contribution in [0.2, 0.25) is 0 Å². The number of nitrogen functional groups attached to an aromatic ring is 2. The van der Waals surface area contributed by atoms with Gasteiger partial charge in [-0.1, -0.05) is 36.4 Å². The summed E-state index contributed by atoms with van der Waals surface area (Å²) in [6.07, 6.45) is 5.56. The van der Waals surface area contributed by atoms with Crippen molar-refractivity contribution in [2.45, 2.75) is 66.8 Å². The predicted molar refractivity (Wildman–Crippen MR) is 268 cm³/mol. The lowest BCUT2D eigenvalue weighted by molar-refractivity contribution is -0.153.